The van der Waals surface area contributed by atoms with Gasteiger partial charge in [-0.15, -0.1) is 0 Å². The molecule has 2 amide bonds. The highest BCUT2D eigenvalue weighted by Crippen LogP contribution is 2.14. The molecule has 0 bridgehead atoms. The Bertz CT molecular complexity index is 995. The van der Waals surface area contributed by atoms with E-state index < -0.39 is 23.2 Å². The minimum atomic E-state index is -0.727. The molecule has 0 aliphatic carbocycles. The van der Waals surface area contributed by atoms with Crippen molar-refractivity contribution in [2.24, 2.45) is 5.73 Å². The predicted molar refractivity (Wildman–Crippen MR) is 89.5 cm³/mol. The number of amides is 2. The van der Waals surface area contributed by atoms with Crippen molar-refractivity contribution in [2.45, 2.75) is 6.92 Å². The second-order valence-electron chi connectivity index (χ2n) is 4.65. The summed E-state index contributed by atoms with van der Waals surface area (Å²) >= 11 is 0. The maximum Gasteiger partial charge on any atom is 0.356 e. The van der Waals surface area contributed by atoms with Crippen LogP contribution in [0.5, 0.6) is 0 Å². The maximum absolute atomic E-state index is 11.3. The van der Waals surface area contributed by atoms with E-state index >= 15 is 0 Å². The lowest BCUT2D eigenvalue weighted by Gasteiger charge is -2.03. The number of nitrogens with one attached hydrogen (secondary N) is 5. The van der Waals surface area contributed by atoms with Gasteiger partial charge in [-0.2, -0.15) is 0 Å². The van der Waals surface area contributed by atoms with E-state index in [0.717, 1.165) is 0 Å². The minimum Gasteiger partial charge on any atom is -0.461 e. The van der Waals surface area contributed by atoms with Crippen LogP contribution in [0, 0.1) is 0 Å². The standard InChI is InChI=1S/C8H11N3O3.C6H5N3O2/c1-2-14-7(12)6-5(3-4-10-6)11-8(9)13;10-5-4-3(1-2-7-4)8-6(11)9-5/h3-4,10H,2H2,1H3,(H3,9,11,13);1-2,7H,(H2,8,9,10,11). The molecule has 3 heterocycles. The number of urea groups is 1. The third-order valence-electron chi connectivity index (χ3n) is 2.93. The summed E-state index contributed by atoms with van der Waals surface area (Å²) in [6, 6.07) is 2.43. The number of carbonyl (C=O) groups excluding carboxylic acids is 2. The summed E-state index contributed by atoms with van der Waals surface area (Å²) in [5.74, 6) is -0.527. The fraction of sp³-hybridized carbons (Fsp3) is 0.143. The first-order valence-electron chi connectivity index (χ1n) is 7.13. The van der Waals surface area contributed by atoms with Crippen LogP contribution in [0.1, 0.15) is 17.4 Å². The topological polar surface area (TPSA) is 179 Å². The molecule has 132 valence electrons. The van der Waals surface area contributed by atoms with Crippen LogP contribution in [0.2, 0.25) is 0 Å². The number of aromatic nitrogens is 4. The Morgan fingerprint density at radius 3 is 2.56 bits per heavy atom. The van der Waals surface area contributed by atoms with E-state index in [9.17, 15) is 19.2 Å². The Hall–Kier alpha value is -3.76. The first-order valence-corrected chi connectivity index (χ1v) is 7.13. The molecule has 0 aliphatic heterocycles. The molecule has 0 fully saturated rings. The number of hydrogen-bond donors (Lipinski definition) is 6. The van der Waals surface area contributed by atoms with E-state index in [0.29, 0.717) is 16.7 Å². The number of esters is 1. The van der Waals surface area contributed by atoms with Crippen molar-refractivity contribution in [3.63, 3.8) is 0 Å². The number of carbonyl (C=O) groups is 2. The lowest BCUT2D eigenvalue weighted by atomic mass is 10.3. The number of fused-ring (bicyclic) bond motifs is 1. The number of hydrogen-bond acceptors (Lipinski definition) is 5. The van der Waals surface area contributed by atoms with Crippen LogP contribution >= 0.6 is 0 Å². The molecule has 0 saturated carbocycles. The lowest BCUT2D eigenvalue weighted by Crippen LogP contribution is -2.21. The zero-order chi connectivity index (χ0) is 18.4. The van der Waals surface area contributed by atoms with Gasteiger partial charge in [-0.3, -0.25) is 9.78 Å². The van der Waals surface area contributed by atoms with Gasteiger partial charge in [-0.1, -0.05) is 0 Å². The van der Waals surface area contributed by atoms with E-state index in [2.05, 4.69) is 25.3 Å². The zero-order valence-electron chi connectivity index (χ0n) is 13.1. The normalized spacial score (nSPS) is 9.96. The minimum absolute atomic E-state index is 0.186. The van der Waals surface area contributed by atoms with Crippen molar-refractivity contribution in [2.75, 3.05) is 11.9 Å². The van der Waals surface area contributed by atoms with Crippen LogP contribution in [0.15, 0.2) is 34.1 Å². The highest BCUT2D eigenvalue weighted by molar-refractivity contribution is 5.99. The lowest BCUT2D eigenvalue weighted by molar-refractivity contribution is 0.0521. The first kappa shape index (κ1) is 17.6. The summed E-state index contributed by atoms with van der Waals surface area (Å²) < 4.78 is 4.75. The maximum atomic E-state index is 11.3. The van der Waals surface area contributed by atoms with Crippen LogP contribution in [0.25, 0.3) is 11.0 Å². The van der Waals surface area contributed by atoms with Crippen molar-refractivity contribution >= 4 is 28.7 Å². The number of H-pyrrole nitrogens is 4. The zero-order valence-corrected chi connectivity index (χ0v) is 13.1. The van der Waals surface area contributed by atoms with Crippen LogP contribution in [-0.4, -0.2) is 38.5 Å². The van der Waals surface area contributed by atoms with Gasteiger partial charge in [0.2, 0.25) is 0 Å². The van der Waals surface area contributed by atoms with E-state index in [1.807, 2.05) is 0 Å². The summed E-state index contributed by atoms with van der Waals surface area (Å²) in [6.07, 6.45) is 3.10. The summed E-state index contributed by atoms with van der Waals surface area (Å²) in [7, 11) is 0. The fourth-order valence-corrected chi connectivity index (χ4v) is 1.96. The Labute approximate surface area is 139 Å². The summed E-state index contributed by atoms with van der Waals surface area (Å²) in [4.78, 5) is 53.4. The van der Waals surface area contributed by atoms with Crippen LogP contribution < -0.4 is 22.3 Å². The number of nitrogens with two attached hydrogens (primary N) is 1. The molecular formula is C14H16N6O5. The van der Waals surface area contributed by atoms with E-state index in [-0.39, 0.29) is 12.3 Å². The summed E-state index contributed by atoms with van der Waals surface area (Å²) in [5, 5.41) is 2.30. The monoisotopic (exact) mass is 348 g/mol. The third-order valence-corrected chi connectivity index (χ3v) is 2.93. The van der Waals surface area contributed by atoms with Gasteiger partial charge in [0.05, 0.1) is 17.8 Å². The van der Waals surface area contributed by atoms with Crippen molar-refractivity contribution in [1.82, 2.24) is 19.9 Å². The average Bonchev–Trinajstić information content (AvgIpc) is 3.16. The molecule has 0 aromatic carbocycles. The van der Waals surface area contributed by atoms with Gasteiger partial charge < -0.3 is 30.7 Å². The molecule has 7 N–H and O–H groups in total. The molecule has 11 nitrogen and oxygen atoms in total. The third kappa shape index (κ3) is 4.37. The fourth-order valence-electron chi connectivity index (χ4n) is 1.96. The molecule has 11 heteroatoms. The molecule has 0 atom stereocenters. The smallest absolute Gasteiger partial charge is 0.356 e. The van der Waals surface area contributed by atoms with E-state index in [4.69, 9.17) is 10.5 Å². The average molecular weight is 348 g/mol. The quantitative estimate of drug-likeness (QED) is 0.370. The van der Waals surface area contributed by atoms with Crippen molar-refractivity contribution < 1.29 is 14.3 Å². The predicted octanol–water partition coefficient (Wildman–Crippen LogP) is 0.227. The van der Waals surface area contributed by atoms with Gasteiger partial charge in [0.1, 0.15) is 11.2 Å². The Balaban J connectivity index is 0.000000185. The second kappa shape index (κ2) is 7.68. The van der Waals surface area contributed by atoms with Gasteiger partial charge in [0.15, 0.2) is 0 Å². The molecule has 0 spiro atoms. The number of ether oxygens (including phenoxy) is 1. The Morgan fingerprint density at radius 1 is 1.16 bits per heavy atom. The number of primary amides is 1. The molecule has 0 aliphatic rings. The van der Waals surface area contributed by atoms with Crippen LogP contribution in [0.4, 0.5) is 10.5 Å². The second-order valence-corrected chi connectivity index (χ2v) is 4.65. The molecule has 0 radical (unpaired) electrons. The highest BCUT2D eigenvalue weighted by atomic mass is 16.5. The SMILES string of the molecule is CCOC(=O)c1[nH]ccc1NC(N)=O.O=c1[nH]c(=O)c2[nH]ccc2[nH]1. The number of rotatable bonds is 3. The highest BCUT2D eigenvalue weighted by Gasteiger charge is 2.14. The Morgan fingerprint density at radius 2 is 1.88 bits per heavy atom. The molecule has 0 saturated heterocycles. The van der Waals surface area contributed by atoms with Gasteiger partial charge >= 0.3 is 17.7 Å². The molecular weight excluding hydrogens is 332 g/mol. The molecule has 3 aromatic rings. The van der Waals surface area contributed by atoms with Crippen LogP contribution in [-0.2, 0) is 4.74 Å². The van der Waals surface area contributed by atoms with Crippen molar-refractivity contribution in [3.05, 3.63) is 51.1 Å². The molecule has 3 aromatic heterocycles. The summed E-state index contributed by atoms with van der Waals surface area (Å²) in [6.45, 7) is 1.97. The molecule has 0 unspecified atom stereocenters. The summed E-state index contributed by atoms with van der Waals surface area (Å²) in [5.41, 5.74) is 5.45. The first-order chi connectivity index (χ1) is 11.9. The van der Waals surface area contributed by atoms with E-state index in [1.54, 1.807) is 19.2 Å². The van der Waals surface area contributed by atoms with Gasteiger partial charge in [0, 0.05) is 12.4 Å². The largest absolute Gasteiger partial charge is 0.461 e. The molecule has 3 rings (SSSR count). The van der Waals surface area contributed by atoms with E-state index in [1.165, 1.54) is 12.3 Å². The number of anilines is 1. The molecule has 25 heavy (non-hydrogen) atoms. The van der Waals surface area contributed by atoms with Crippen molar-refractivity contribution in [3.8, 4) is 0 Å². The number of aromatic amines is 4. The van der Waals surface area contributed by atoms with Gasteiger partial charge in [0.25, 0.3) is 5.56 Å². The van der Waals surface area contributed by atoms with Gasteiger partial charge in [-0.05, 0) is 19.1 Å². The van der Waals surface area contributed by atoms with Gasteiger partial charge in [-0.25, -0.2) is 14.4 Å². The van der Waals surface area contributed by atoms with Crippen LogP contribution in [0.3, 0.4) is 0 Å². The Kier molecular flexibility index (Phi) is 5.40. The van der Waals surface area contributed by atoms with Crippen molar-refractivity contribution in [1.29, 1.82) is 0 Å².